The maximum atomic E-state index is 13.0. The van der Waals surface area contributed by atoms with Crippen molar-refractivity contribution in [3.05, 3.63) is 81.3 Å². The Kier molecular flexibility index (Phi) is 5.29. The Labute approximate surface area is 176 Å². The van der Waals surface area contributed by atoms with Crippen molar-refractivity contribution in [1.82, 2.24) is 14.1 Å². The van der Waals surface area contributed by atoms with E-state index in [1.165, 1.54) is 4.31 Å². The molecule has 1 aromatic heterocycles. The van der Waals surface area contributed by atoms with Crippen molar-refractivity contribution in [2.24, 2.45) is 0 Å². The first-order valence-electron chi connectivity index (χ1n) is 9.90. The molecule has 0 bridgehead atoms. The fraction of sp³-hybridized carbons (Fsp3) is 0.318. The van der Waals surface area contributed by atoms with Crippen LogP contribution in [0.4, 0.5) is 5.69 Å². The quantitative estimate of drug-likeness (QED) is 0.679. The van der Waals surface area contributed by atoms with E-state index in [9.17, 15) is 13.2 Å². The number of anilines is 1. The maximum absolute atomic E-state index is 13.0. The molecular weight excluding hydrogens is 400 g/mol. The summed E-state index contributed by atoms with van der Waals surface area (Å²) in [5.74, 6) is 0. The number of H-pyrrole nitrogens is 1. The Bertz CT molecular complexity index is 1220. The highest BCUT2D eigenvalue weighted by Gasteiger charge is 2.31. The zero-order valence-electron chi connectivity index (χ0n) is 17.4. The topological polar surface area (TPSA) is 78.4 Å². The van der Waals surface area contributed by atoms with E-state index in [1.54, 1.807) is 28.9 Å². The number of para-hydroxylation sites is 1. The summed E-state index contributed by atoms with van der Waals surface area (Å²) < 4.78 is 29.1. The molecule has 3 aromatic rings. The van der Waals surface area contributed by atoms with Crippen molar-refractivity contribution in [2.45, 2.75) is 31.3 Å². The minimum atomic E-state index is -3.61. The minimum Gasteiger partial charge on any atom is -0.377 e. The molecule has 0 unspecified atom stereocenters. The SMILES string of the molecule is Cc1ccc(S(=O)(=O)N2CCc3c([nH]n(Cc4ccccc4N(C)C)c3=O)C2)cc1. The van der Waals surface area contributed by atoms with E-state index in [-0.39, 0.29) is 17.0 Å². The molecule has 0 fully saturated rings. The van der Waals surface area contributed by atoms with Crippen LogP contribution in [0.15, 0.2) is 58.2 Å². The first-order valence-corrected chi connectivity index (χ1v) is 11.3. The molecule has 1 aliphatic heterocycles. The van der Waals surface area contributed by atoms with Gasteiger partial charge in [0.2, 0.25) is 10.0 Å². The van der Waals surface area contributed by atoms with E-state index < -0.39 is 10.0 Å². The standard InChI is InChI=1S/C22H26N4O3S/c1-16-8-10-18(11-9-16)30(28,29)25-13-12-19-20(15-25)23-26(22(19)27)14-17-6-4-5-7-21(17)24(2)3/h4-11,23H,12-15H2,1-3H3. The van der Waals surface area contributed by atoms with E-state index >= 15 is 0 Å². The van der Waals surface area contributed by atoms with Gasteiger partial charge in [-0.3, -0.25) is 9.89 Å². The van der Waals surface area contributed by atoms with Crippen LogP contribution >= 0.6 is 0 Å². The summed E-state index contributed by atoms with van der Waals surface area (Å²) in [6.45, 7) is 2.80. The third kappa shape index (κ3) is 3.68. The van der Waals surface area contributed by atoms with E-state index in [4.69, 9.17) is 0 Å². The number of hydrogen-bond donors (Lipinski definition) is 1. The predicted octanol–water partition coefficient (Wildman–Crippen LogP) is 2.35. The van der Waals surface area contributed by atoms with E-state index in [0.29, 0.717) is 30.8 Å². The fourth-order valence-corrected chi connectivity index (χ4v) is 5.29. The third-order valence-electron chi connectivity index (χ3n) is 5.54. The Balaban J connectivity index is 1.62. The lowest BCUT2D eigenvalue weighted by Crippen LogP contribution is -2.37. The van der Waals surface area contributed by atoms with Crippen LogP contribution in [-0.4, -0.2) is 43.1 Å². The Hall–Kier alpha value is -2.84. The summed E-state index contributed by atoms with van der Waals surface area (Å²) in [5, 5.41) is 3.16. The molecule has 8 heteroatoms. The smallest absolute Gasteiger partial charge is 0.270 e. The normalized spacial score (nSPS) is 14.5. The molecule has 0 aliphatic carbocycles. The van der Waals surface area contributed by atoms with Crippen LogP contribution in [-0.2, 0) is 29.5 Å². The summed E-state index contributed by atoms with van der Waals surface area (Å²) in [4.78, 5) is 15.2. The average molecular weight is 427 g/mol. The molecule has 0 radical (unpaired) electrons. The summed E-state index contributed by atoms with van der Waals surface area (Å²) >= 11 is 0. The van der Waals surface area contributed by atoms with Crippen molar-refractivity contribution >= 4 is 15.7 Å². The lowest BCUT2D eigenvalue weighted by Gasteiger charge is -2.25. The van der Waals surface area contributed by atoms with Crippen molar-refractivity contribution in [1.29, 1.82) is 0 Å². The van der Waals surface area contributed by atoms with Gasteiger partial charge in [0, 0.05) is 31.9 Å². The number of sulfonamides is 1. The van der Waals surface area contributed by atoms with E-state index in [2.05, 4.69) is 5.10 Å². The van der Waals surface area contributed by atoms with Gasteiger partial charge in [-0.25, -0.2) is 13.1 Å². The highest BCUT2D eigenvalue weighted by Crippen LogP contribution is 2.24. The van der Waals surface area contributed by atoms with Gasteiger partial charge in [0.1, 0.15) is 0 Å². The van der Waals surface area contributed by atoms with Gasteiger partial charge in [0.15, 0.2) is 0 Å². The fourth-order valence-electron chi connectivity index (χ4n) is 3.88. The molecule has 0 saturated heterocycles. The molecule has 0 saturated carbocycles. The number of fused-ring (bicyclic) bond motifs is 1. The van der Waals surface area contributed by atoms with E-state index in [1.807, 2.05) is 50.2 Å². The van der Waals surface area contributed by atoms with E-state index in [0.717, 1.165) is 16.8 Å². The number of hydrogen-bond acceptors (Lipinski definition) is 4. The number of benzene rings is 2. The molecule has 158 valence electrons. The van der Waals surface area contributed by atoms with Crippen molar-refractivity contribution in [3.63, 3.8) is 0 Å². The Morgan fingerprint density at radius 3 is 2.47 bits per heavy atom. The van der Waals surface area contributed by atoms with Crippen molar-refractivity contribution in [2.75, 3.05) is 25.5 Å². The molecule has 1 N–H and O–H groups in total. The second-order valence-corrected chi connectivity index (χ2v) is 9.82. The summed E-state index contributed by atoms with van der Waals surface area (Å²) in [5.41, 5.74) is 4.34. The Morgan fingerprint density at radius 2 is 1.77 bits per heavy atom. The number of nitrogens with one attached hydrogen (secondary N) is 1. The van der Waals surface area contributed by atoms with Crippen LogP contribution in [0.5, 0.6) is 0 Å². The van der Waals surface area contributed by atoms with Gasteiger partial charge >= 0.3 is 0 Å². The predicted molar refractivity (Wildman–Crippen MR) is 117 cm³/mol. The number of aryl methyl sites for hydroxylation is 1. The minimum absolute atomic E-state index is 0.0778. The second kappa shape index (κ2) is 7.77. The zero-order chi connectivity index (χ0) is 21.5. The van der Waals surface area contributed by atoms with Gasteiger partial charge in [0.05, 0.1) is 23.7 Å². The van der Waals surface area contributed by atoms with Crippen LogP contribution in [0.3, 0.4) is 0 Å². The average Bonchev–Trinajstić information content (AvgIpc) is 3.03. The van der Waals surface area contributed by atoms with Gasteiger partial charge in [-0.05, 0) is 37.1 Å². The molecule has 7 nitrogen and oxygen atoms in total. The van der Waals surface area contributed by atoms with Crippen molar-refractivity contribution in [3.8, 4) is 0 Å². The lowest BCUT2D eigenvalue weighted by atomic mass is 10.1. The van der Waals surface area contributed by atoms with Gasteiger partial charge in [-0.1, -0.05) is 35.9 Å². The van der Waals surface area contributed by atoms with Gasteiger partial charge in [-0.15, -0.1) is 0 Å². The van der Waals surface area contributed by atoms with Crippen molar-refractivity contribution < 1.29 is 8.42 Å². The third-order valence-corrected chi connectivity index (χ3v) is 7.40. The Morgan fingerprint density at radius 1 is 1.07 bits per heavy atom. The number of aromatic amines is 1. The summed E-state index contributed by atoms with van der Waals surface area (Å²) in [6.07, 6.45) is 0.401. The van der Waals surface area contributed by atoms with Gasteiger partial charge in [-0.2, -0.15) is 4.31 Å². The van der Waals surface area contributed by atoms with Gasteiger partial charge in [0.25, 0.3) is 5.56 Å². The monoisotopic (exact) mass is 426 g/mol. The number of nitrogens with zero attached hydrogens (tertiary/aromatic N) is 3. The van der Waals surface area contributed by atoms with Crippen LogP contribution in [0.25, 0.3) is 0 Å². The molecule has 2 heterocycles. The first-order chi connectivity index (χ1) is 14.3. The number of aromatic nitrogens is 2. The van der Waals surface area contributed by atoms with Crippen LogP contribution in [0.2, 0.25) is 0 Å². The maximum Gasteiger partial charge on any atom is 0.270 e. The molecule has 4 rings (SSSR count). The largest absolute Gasteiger partial charge is 0.377 e. The second-order valence-electron chi connectivity index (χ2n) is 7.88. The van der Waals surface area contributed by atoms with Crippen LogP contribution in [0.1, 0.15) is 22.4 Å². The highest BCUT2D eigenvalue weighted by molar-refractivity contribution is 7.89. The zero-order valence-corrected chi connectivity index (χ0v) is 18.2. The van der Waals surface area contributed by atoms with Gasteiger partial charge < -0.3 is 4.90 Å². The molecule has 30 heavy (non-hydrogen) atoms. The van der Waals surface area contributed by atoms with Crippen LogP contribution in [0, 0.1) is 6.92 Å². The molecule has 0 spiro atoms. The number of rotatable bonds is 5. The molecule has 0 amide bonds. The highest BCUT2D eigenvalue weighted by atomic mass is 32.2. The van der Waals surface area contributed by atoms with Crippen LogP contribution < -0.4 is 10.5 Å². The molecule has 1 aliphatic rings. The summed E-state index contributed by atoms with van der Waals surface area (Å²) in [6, 6.07) is 14.8. The molecular formula is C22H26N4O3S. The first kappa shape index (κ1) is 20.4. The molecule has 2 aromatic carbocycles. The summed E-state index contributed by atoms with van der Waals surface area (Å²) in [7, 11) is 0.328. The lowest BCUT2D eigenvalue weighted by molar-refractivity contribution is 0.386. The molecule has 0 atom stereocenters.